The first-order valence-corrected chi connectivity index (χ1v) is 12.5. The molecule has 1 N–H and O–H groups in total. The first-order chi connectivity index (χ1) is 16.5. The maximum Gasteiger partial charge on any atom is 0.251 e. The summed E-state index contributed by atoms with van der Waals surface area (Å²) < 4.78 is 9.06. The van der Waals surface area contributed by atoms with E-state index in [0.29, 0.717) is 24.6 Å². The number of rotatable bonds is 9. The molecule has 0 saturated carbocycles. The van der Waals surface area contributed by atoms with Crippen LogP contribution in [0.1, 0.15) is 60.9 Å². The van der Waals surface area contributed by atoms with Crippen LogP contribution in [0.5, 0.6) is 5.75 Å². The van der Waals surface area contributed by atoms with E-state index in [0.717, 1.165) is 33.5 Å². The van der Waals surface area contributed by atoms with Crippen molar-refractivity contribution in [2.75, 3.05) is 6.61 Å². The molecule has 0 spiro atoms. The number of halogens is 1. The summed E-state index contributed by atoms with van der Waals surface area (Å²) >= 11 is 3.43. The normalized spacial score (nSPS) is 12.9. The number of ether oxygens (including phenoxy) is 1. The fourth-order valence-corrected chi connectivity index (χ4v) is 4.42. The lowest BCUT2D eigenvalue weighted by molar-refractivity contribution is 0.0937. The van der Waals surface area contributed by atoms with Crippen molar-refractivity contribution in [3.63, 3.8) is 0 Å². The molecule has 1 heterocycles. The molecule has 1 amide bonds. The summed E-state index contributed by atoms with van der Waals surface area (Å²) in [7, 11) is 0. The van der Waals surface area contributed by atoms with Crippen molar-refractivity contribution < 1.29 is 9.53 Å². The summed E-state index contributed by atoms with van der Waals surface area (Å²) in [6, 6.07) is 23.5. The van der Waals surface area contributed by atoms with Crippen LogP contribution in [-0.4, -0.2) is 22.1 Å². The van der Waals surface area contributed by atoms with E-state index in [1.807, 2.05) is 55.5 Å². The van der Waals surface area contributed by atoms with E-state index in [1.165, 1.54) is 5.56 Å². The highest BCUT2D eigenvalue weighted by Gasteiger charge is 2.19. The van der Waals surface area contributed by atoms with E-state index in [9.17, 15) is 4.79 Å². The van der Waals surface area contributed by atoms with Crippen LogP contribution >= 0.6 is 15.9 Å². The summed E-state index contributed by atoms with van der Waals surface area (Å²) in [5.41, 5.74) is 3.86. The summed E-state index contributed by atoms with van der Waals surface area (Å²) in [6.45, 7) is 7.52. The van der Waals surface area contributed by atoms with Crippen LogP contribution in [0.25, 0.3) is 11.0 Å². The van der Waals surface area contributed by atoms with Crippen molar-refractivity contribution in [3.8, 4) is 5.75 Å². The number of hydrogen-bond acceptors (Lipinski definition) is 3. The molecule has 176 valence electrons. The number of amides is 1. The van der Waals surface area contributed by atoms with E-state index in [-0.39, 0.29) is 11.9 Å². The number of fused-ring (bicyclic) bond motifs is 1. The first kappa shape index (κ1) is 24.0. The molecule has 4 aromatic rings. The highest BCUT2D eigenvalue weighted by atomic mass is 79.9. The van der Waals surface area contributed by atoms with Crippen molar-refractivity contribution >= 4 is 32.9 Å². The molecule has 1 aromatic heterocycles. The Balaban J connectivity index is 1.49. The molecular weight excluding hydrogens is 490 g/mol. The maximum absolute atomic E-state index is 12.8. The number of carbonyl (C=O) groups excluding carboxylic acids is 1. The zero-order chi connectivity index (χ0) is 24.1. The molecule has 0 aliphatic carbocycles. The second-order valence-electron chi connectivity index (χ2n) is 8.54. The molecule has 3 aromatic carbocycles. The van der Waals surface area contributed by atoms with E-state index in [4.69, 9.17) is 9.72 Å². The van der Waals surface area contributed by atoms with Crippen molar-refractivity contribution in [1.29, 1.82) is 0 Å². The first-order valence-electron chi connectivity index (χ1n) is 11.7. The fraction of sp³-hybridized carbons (Fsp3) is 0.286. The van der Waals surface area contributed by atoms with Gasteiger partial charge in [0, 0.05) is 10.0 Å². The molecule has 0 bridgehead atoms. The Kier molecular flexibility index (Phi) is 7.68. The van der Waals surface area contributed by atoms with Crippen molar-refractivity contribution in [2.24, 2.45) is 0 Å². The third kappa shape index (κ3) is 5.50. The van der Waals surface area contributed by atoms with Gasteiger partial charge in [0.05, 0.1) is 23.6 Å². The van der Waals surface area contributed by atoms with Gasteiger partial charge in [0.25, 0.3) is 5.91 Å². The van der Waals surface area contributed by atoms with Gasteiger partial charge >= 0.3 is 0 Å². The van der Waals surface area contributed by atoms with E-state index >= 15 is 0 Å². The van der Waals surface area contributed by atoms with E-state index in [2.05, 4.69) is 57.9 Å². The minimum Gasteiger partial charge on any atom is -0.492 e. The van der Waals surface area contributed by atoms with Crippen LogP contribution < -0.4 is 10.1 Å². The van der Waals surface area contributed by atoms with E-state index in [1.54, 1.807) is 6.07 Å². The van der Waals surface area contributed by atoms with Crippen LogP contribution in [0.2, 0.25) is 0 Å². The summed E-state index contributed by atoms with van der Waals surface area (Å²) in [5, 5.41) is 3.09. The number of imidazole rings is 1. The van der Waals surface area contributed by atoms with Crippen LogP contribution in [0.4, 0.5) is 0 Å². The fourth-order valence-electron chi connectivity index (χ4n) is 4.02. The SMILES string of the molecule is CCC(C)c1ccc(OCCn2c(C(C)NC(=O)c3cccc(Br)c3)nc3ccccc32)cc1. The number of para-hydroxylation sites is 2. The number of aromatic nitrogens is 2. The quantitative estimate of drug-likeness (QED) is 0.262. The molecular formula is C28H30BrN3O2. The third-order valence-electron chi connectivity index (χ3n) is 6.15. The molecule has 0 aliphatic rings. The Labute approximate surface area is 209 Å². The van der Waals surface area contributed by atoms with Crippen LogP contribution in [-0.2, 0) is 6.54 Å². The number of nitrogens with zero attached hydrogens (tertiary/aromatic N) is 2. The van der Waals surface area contributed by atoms with Gasteiger partial charge in [0.15, 0.2) is 0 Å². The molecule has 4 rings (SSSR count). The summed E-state index contributed by atoms with van der Waals surface area (Å²) in [5.74, 6) is 2.07. The van der Waals surface area contributed by atoms with Gasteiger partial charge in [-0.15, -0.1) is 0 Å². The Morgan fingerprint density at radius 1 is 1.06 bits per heavy atom. The van der Waals surface area contributed by atoms with Gasteiger partial charge in [-0.3, -0.25) is 4.79 Å². The Bertz CT molecular complexity index is 1270. The number of carbonyl (C=O) groups is 1. The highest BCUT2D eigenvalue weighted by molar-refractivity contribution is 9.10. The topological polar surface area (TPSA) is 56.1 Å². The molecule has 0 radical (unpaired) electrons. The van der Waals surface area contributed by atoms with Gasteiger partial charge in [0.1, 0.15) is 18.2 Å². The highest BCUT2D eigenvalue weighted by Crippen LogP contribution is 2.23. The summed E-state index contributed by atoms with van der Waals surface area (Å²) in [4.78, 5) is 17.6. The van der Waals surface area contributed by atoms with E-state index < -0.39 is 0 Å². The maximum atomic E-state index is 12.8. The third-order valence-corrected chi connectivity index (χ3v) is 6.64. The average Bonchev–Trinajstić information content (AvgIpc) is 3.23. The van der Waals surface area contributed by atoms with Gasteiger partial charge in [-0.05, 0) is 67.3 Å². The second-order valence-corrected chi connectivity index (χ2v) is 9.46. The number of benzene rings is 3. The van der Waals surface area contributed by atoms with Gasteiger partial charge in [0.2, 0.25) is 0 Å². The summed E-state index contributed by atoms with van der Waals surface area (Å²) in [6.07, 6.45) is 1.12. The standard InChI is InChI=1S/C28H30BrN3O2/c1-4-19(2)21-12-14-24(15-13-21)34-17-16-32-26-11-6-5-10-25(26)31-27(32)20(3)30-28(33)22-8-7-9-23(29)18-22/h5-15,18-20H,4,16-17H2,1-3H3,(H,30,33). The molecule has 34 heavy (non-hydrogen) atoms. The molecule has 6 heteroatoms. The minimum absolute atomic E-state index is 0.134. The van der Waals surface area contributed by atoms with Crippen LogP contribution in [0.15, 0.2) is 77.3 Å². The molecule has 0 fully saturated rings. The smallest absolute Gasteiger partial charge is 0.251 e. The Morgan fingerprint density at radius 2 is 1.82 bits per heavy atom. The van der Waals surface area contributed by atoms with Crippen molar-refractivity contribution in [1.82, 2.24) is 14.9 Å². The van der Waals surface area contributed by atoms with Crippen LogP contribution in [0, 0.1) is 0 Å². The molecule has 0 aliphatic heterocycles. The Morgan fingerprint density at radius 3 is 2.56 bits per heavy atom. The van der Waals surface area contributed by atoms with Gasteiger partial charge in [-0.1, -0.05) is 60.1 Å². The zero-order valence-electron chi connectivity index (χ0n) is 19.8. The average molecular weight is 520 g/mol. The predicted molar refractivity (Wildman–Crippen MR) is 140 cm³/mol. The molecule has 5 nitrogen and oxygen atoms in total. The molecule has 2 unspecified atom stereocenters. The monoisotopic (exact) mass is 519 g/mol. The Hall–Kier alpha value is -3.12. The number of nitrogens with one attached hydrogen (secondary N) is 1. The van der Waals surface area contributed by atoms with Crippen LogP contribution in [0.3, 0.4) is 0 Å². The molecule has 0 saturated heterocycles. The van der Waals surface area contributed by atoms with Gasteiger partial charge < -0.3 is 14.6 Å². The van der Waals surface area contributed by atoms with Gasteiger partial charge in [-0.25, -0.2) is 4.98 Å². The largest absolute Gasteiger partial charge is 0.492 e. The lowest BCUT2D eigenvalue weighted by Crippen LogP contribution is -2.29. The predicted octanol–water partition coefficient (Wildman–Crippen LogP) is 6.88. The lowest BCUT2D eigenvalue weighted by Gasteiger charge is -2.17. The second kappa shape index (κ2) is 10.9. The lowest BCUT2D eigenvalue weighted by atomic mass is 9.99. The minimum atomic E-state index is -0.270. The molecule has 2 atom stereocenters. The number of hydrogen-bond donors (Lipinski definition) is 1. The van der Waals surface area contributed by atoms with Crippen molar-refractivity contribution in [3.05, 3.63) is 94.2 Å². The van der Waals surface area contributed by atoms with Crippen molar-refractivity contribution in [2.45, 2.75) is 45.7 Å². The van der Waals surface area contributed by atoms with Gasteiger partial charge in [-0.2, -0.15) is 0 Å². The zero-order valence-corrected chi connectivity index (χ0v) is 21.4.